The minimum Gasteiger partial charge on any atom is -0.482 e. The van der Waals surface area contributed by atoms with Crippen molar-refractivity contribution < 1.29 is 23.9 Å². The van der Waals surface area contributed by atoms with Crippen molar-refractivity contribution in [1.29, 1.82) is 0 Å². The monoisotopic (exact) mass is 376 g/mol. The van der Waals surface area contributed by atoms with Crippen molar-refractivity contribution in [3.05, 3.63) is 46.7 Å². The van der Waals surface area contributed by atoms with Gasteiger partial charge in [-0.3, -0.25) is 9.59 Å². The standard InChI is InChI=1S/C18H20N2O5S/c1-12(21)19-15(16-4-3-9-26-16)10-17(22)20-13-5-7-14(8-6-13)25-11-18(23)24-2/h3-9,15H,10-11H2,1-2H3,(H,19,21)(H,20,22). The second-order valence-corrected chi connectivity index (χ2v) is 6.39. The van der Waals surface area contributed by atoms with Gasteiger partial charge < -0.3 is 20.1 Å². The highest BCUT2D eigenvalue weighted by Gasteiger charge is 2.18. The molecule has 1 unspecified atom stereocenters. The van der Waals surface area contributed by atoms with Crippen LogP contribution in [0.4, 0.5) is 5.69 Å². The molecule has 0 fully saturated rings. The average Bonchev–Trinajstić information content (AvgIpc) is 3.14. The highest BCUT2D eigenvalue weighted by molar-refractivity contribution is 7.10. The number of ether oxygens (including phenoxy) is 2. The van der Waals surface area contributed by atoms with Crippen molar-refractivity contribution in [3.63, 3.8) is 0 Å². The summed E-state index contributed by atoms with van der Waals surface area (Å²) in [6.45, 7) is 1.24. The highest BCUT2D eigenvalue weighted by atomic mass is 32.1. The summed E-state index contributed by atoms with van der Waals surface area (Å²) >= 11 is 1.48. The molecule has 2 aromatic rings. The van der Waals surface area contributed by atoms with Crippen molar-refractivity contribution in [2.75, 3.05) is 19.0 Å². The summed E-state index contributed by atoms with van der Waals surface area (Å²) in [5, 5.41) is 7.46. The van der Waals surface area contributed by atoms with Crippen LogP contribution < -0.4 is 15.4 Å². The van der Waals surface area contributed by atoms with Crippen LogP contribution in [0.1, 0.15) is 24.3 Å². The number of hydrogen-bond acceptors (Lipinski definition) is 6. The van der Waals surface area contributed by atoms with Crippen LogP contribution in [0.5, 0.6) is 5.75 Å². The Bertz CT molecular complexity index is 743. The lowest BCUT2D eigenvalue weighted by Crippen LogP contribution is -2.29. The summed E-state index contributed by atoms with van der Waals surface area (Å²) in [6.07, 6.45) is 0.126. The molecule has 0 saturated carbocycles. The topological polar surface area (TPSA) is 93.7 Å². The molecule has 1 heterocycles. The maximum Gasteiger partial charge on any atom is 0.343 e. The fourth-order valence-electron chi connectivity index (χ4n) is 2.19. The molecule has 0 spiro atoms. The summed E-state index contributed by atoms with van der Waals surface area (Å²) in [5.74, 6) is -0.397. The number of thiophene rings is 1. The van der Waals surface area contributed by atoms with Gasteiger partial charge in [-0.2, -0.15) is 0 Å². The van der Waals surface area contributed by atoms with Crippen LogP contribution in [0.2, 0.25) is 0 Å². The number of anilines is 1. The van der Waals surface area contributed by atoms with E-state index < -0.39 is 5.97 Å². The van der Waals surface area contributed by atoms with Gasteiger partial charge in [0, 0.05) is 17.5 Å². The van der Waals surface area contributed by atoms with E-state index in [0.717, 1.165) is 4.88 Å². The van der Waals surface area contributed by atoms with Crippen LogP contribution in [0.15, 0.2) is 41.8 Å². The van der Waals surface area contributed by atoms with Crippen molar-refractivity contribution in [1.82, 2.24) is 5.32 Å². The first-order valence-electron chi connectivity index (χ1n) is 7.88. The van der Waals surface area contributed by atoms with E-state index in [-0.39, 0.29) is 30.9 Å². The Morgan fingerprint density at radius 1 is 1.15 bits per heavy atom. The SMILES string of the molecule is COC(=O)COc1ccc(NC(=O)CC(NC(C)=O)c2cccs2)cc1. The molecule has 2 amide bonds. The third-order valence-electron chi connectivity index (χ3n) is 3.38. The van der Waals surface area contributed by atoms with Crippen molar-refractivity contribution in [3.8, 4) is 5.75 Å². The molecule has 26 heavy (non-hydrogen) atoms. The Labute approximate surface area is 155 Å². The predicted molar refractivity (Wildman–Crippen MR) is 98.1 cm³/mol. The Morgan fingerprint density at radius 2 is 1.88 bits per heavy atom. The number of rotatable bonds is 8. The average molecular weight is 376 g/mol. The predicted octanol–water partition coefficient (Wildman–Crippen LogP) is 2.51. The van der Waals surface area contributed by atoms with Crippen LogP contribution in [0.25, 0.3) is 0 Å². The largest absolute Gasteiger partial charge is 0.482 e. The highest BCUT2D eigenvalue weighted by Crippen LogP contribution is 2.23. The summed E-state index contributed by atoms with van der Waals surface area (Å²) in [6, 6.07) is 10.0. The molecule has 0 aliphatic heterocycles. The summed E-state index contributed by atoms with van der Waals surface area (Å²) in [5.41, 5.74) is 0.591. The first-order chi connectivity index (χ1) is 12.5. The molecule has 0 aliphatic carbocycles. The van der Waals surface area contributed by atoms with Gasteiger partial charge in [-0.15, -0.1) is 11.3 Å². The number of benzene rings is 1. The zero-order valence-electron chi connectivity index (χ0n) is 14.5. The van der Waals surface area contributed by atoms with E-state index in [0.29, 0.717) is 11.4 Å². The molecular formula is C18H20N2O5S. The molecule has 0 aliphatic rings. The van der Waals surface area contributed by atoms with Gasteiger partial charge in [0.1, 0.15) is 5.75 Å². The number of nitrogens with one attached hydrogen (secondary N) is 2. The van der Waals surface area contributed by atoms with Crippen LogP contribution in [0, 0.1) is 0 Å². The normalized spacial score (nSPS) is 11.3. The zero-order chi connectivity index (χ0) is 18.9. The lowest BCUT2D eigenvalue weighted by molar-refractivity contribution is -0.142. The first kappa shape index (κ1) is 19.5. The number of esters is 1. The number of hydrogen-bond donors (Lipinski definition) is 2. The number of methoxy groups -OCH3 is 1. The van der Waals surface area contributed by atoms with Crippen molar-refractivity contribution in [2.45, 2.75) is 19.4 Å². The quantitative estimate of drug-likeness (QED) is 0.691. The molecule has 1 aromatic heterocycles. The number of carbonyl (C=O) groups excluding carboxylic acids is 3. The molecule has 2 N–H and O–H groups in total. The van der Waals surface area contributed by atoms with Gasteiger partial charge in [-0.05, 0) is 35.7 Å². The van der Waals surface area contributed by atoms with Gasteiger partial charge in [0.05, 0.1) is 19.6 Å². The molecule has 0 radical (unpaired) electrons. The fraction of sp³-hybridized carbons (Fsp3) is 0.278. The lowest BCUT2D eigenvalue weighted by atomic mass is 10.1. The molecule has 138 valence electrons. The van der Waals surface area contributed by atoms with E-state index in [1.54, 1.807) is 24.3 Å². The van der Waals surface area contributed by atoms with Gasteiger partial charge in [0.25, 0.3) is 0 Å². The van der Waals surface area contributed by atoms with E-state index in [9.17, 15) is 14.4 Å². The smallest absolute Gasteiger partial charge is 0.343 e. The van der Waals surface area contributed by atoms with E-state index in [4.69, 9.17) is 4.74 Å². The second kappa shape index (κ2) is 9.57. The zero-order valence-corrected chi connectivity index (χ0v) is 15.3. The second-order valence-electron chi connectivity index (χ2n) is 5.41. The first-order valence-corrected chi connectivity index (χ1v) is 8.76. The van der Waals surface area contributed by atoms with E-state index in [2.05, 4.69) is 15.4 Å². The number of carbonyl (C=O) groups is 3. The molecule has 0 saturated heterocycles. The maximum absolute atomic E-state index is 12.3. The molecule has 1 aromatic carbocycles. The van der Waals surface area contributed by atoms with Crippen LogP contribution in [-0.4, -0.2) is 31.5 Å². The minimum atomic E-state index is -0.472. The summed E-state index contributed by atoms with van der Waals surface area (Å²) < 4.78 is 9.74. The minimum absolute atomic E-state index is 0.126. The Hall–Kier alpha value is -2.87. The molecule has 8 heteroatoms. The molecule has 0 bridgehead atoms. The van der Waals surface area contributed by atoms with Crippen LogP contribution in [-0.2, 0) is 19.1 Å². The Morgan fingerprint density at radius 3 is 2.46 bits per heavy atom. The van der Waals surface area contributed by atoms with E-state index in [1.807, 2.05) is 17.5 Å². The molecule has 2 rings (SSSR count). The number of amides is 2. The van der Waals surface area contributed by atoms with Gasteiger partial charge in [-0.1, -0.05) is 6.07 Å². The fourth-order valence-corrected chi connectivity index (χ4v) is 2.97. The summed E-state index contributed by atoms with van der Waals surface area (Å²) in [4.78, 5) is 35.6. The lowest BCUT2D eigenvalue weighted by Gasteiger charge is -2.16. The summed E-state index contributed by atoms with van der Waals surface area (Å²) in [7, 11) is 1.29. The van der Waals surface area contributed by atoms with Crippen LogP contribution >= 0.6 is 11.3 Å². The molecular weight excluding hydrogens is 356 g/mol. The molecule has 1 atom stereocenters. The van der Waals surface area contributed by atoms with Crippen molar-refractivity contribution in [2.24, 2.45) is 0 Å². The third-order valence-corrected chi connectivity index (χ3v) is 4.36. The van der Waals surface area contributed by atoms with Crippen LogP contribution in [0.3, 0.4) is 0 Å². The van der Waals surface area contributed by atoms with E-state index >= 15 is 0 Å². The third kappa shape index (κ3) is 6.21. The Kier molecular flexibility index (Phi) is 7.16. The van der Waals surface area contributed by atoms with Gasteiger partial charge in [-0.25, -0.2) is 4.79 Å². The molecule has 7 nitrogen and oxygen atoms in total. The Balaban J connectivity index is 1.91. The van der Waals surface area contributed by atoms with Gasteiger partial charge >= 0.3 is 5.97 Å². The van der Waals surface area contributed by atoms with E-state index in [1.165, 1.54) is 25.4 Å². The van der Waals surface area contributed by atoms with Crippen molar-refractivity contribution >= 4 is 34.8 Å². The van der Waals surface area contributed by atoms with Gasteiger partial charge in [0.15, 0.2) is 6.61 Å². The van der Waals surface area contributed by atoms with Gasteiger partial charge in [0.2, 0.25) is 11.8 Å². The maximum atomic E-state index is 12.3.